The lowest BCUT2D eigenvalue weighted by molar-refractivity contribution is 0.0964. The lowest BCUT2D eigenvalue weighted by Crippen LogP contribution is -2.36. The van der Waals surface area contributed by atoms with E-state index in [2.05, 4.69) is 10.0 Å². The van der Waals surface area contributed by atoms with Gasteiger partial charge in [0.05, 0.1) is 16.1 Å². The molecule has 1 aliphatic heterocycles. The molecule has 198 valence electrons. The first kappa shape index (κ1) is 26.4. The highest BCUT2D eigenvalue weighted by atomic mass is 32.2. The van der Waals surface area contributed by atoms with Gasteiger partial charge in [0, 0.05) is 43.4 Å². The van der Waals surface area contributed by atoms with Crippen LogP contribution in [0.2, 0.25) is 0 Å². The van der Waals surface area contributed by atoms with Gasteiger partial charge in [-0.2, -0.15) is 0 Å². The van der Waals surface area contributed by atoms with Gasteiger partial charge in [-0.3, -0.25) is 4.79 Å². The van der Waals surface area contributed by atoms with Crippen molar-refractivity contribution in [1.29, 1.82) is 0 Å². The minimum atomic E-state index is -1.42. The van der Waals surface area contributed by atoms with E-state index in [1.165, 1.54) is 36.2 Å². The maximum absolute atomic E-state index is 13.6. The number of anilines is 1. The van der Waals surface area contributed by atoms with Crippen LogP contribution < -0.4 is 10.0 Å². The first-order chi connectivity index (χ1) is 18.4. The molecule has 1 unspecified atom stereocenters. The van der Waals surface area contributed by atoms with Gasteiger partial charge in [0.25, 0.3) is 5.91 Å². The molecule has 3 aromatic carbocycles. The Balaban J connectivity index is 1.57. The molecule has 0 aliphatic carbocycles. The van der Waals surface area contributed by atoms with Gasteiger partial charge in [-0.05, 0) is 78.9 Å². The zero-order valence-corrected chi connectivity index (χ0v) is 22.6. The summed E-state index contributed by atoms with van der Waals surface area (Å²) in [5, 5.41) is 3.35. The molecule has 0 saturated carbocycles. The van der Waals surface area contributed by atoms with Crippen molar-refractivity contribution in [2.45, 2.75) is 23.7 Å². The van der Waals surface area contributed by atoms with Crippen molar-refractivity contribution < 1.29 is 22.2 Å². The van der Waals surface area contributed by atoms with Crippen LogP contribution in [-0.2, 0) is 11.0 Å². The number of nitrogens with zero attached hydrogens (tertiary/aromatic N) is 1. The second-order valence-electron chi connectivity index (χ2n) is 9.06. The van der Waals surface area contributed by atoms with Crippen molar-refractivity contribution in [2.24, 2.45) is 0 Å². The highest BCUT2D eigenvalue weighted by molar-refractivity contribution is 7.99. The van der Waals surface area contributed by atoms with Crippen molar-refractivity contribution in [1.82, 2.24) is 9.62 Å². The monoisotopic (exact) mass is 555 g/mol. The van der Waals surface area contributed by atoms with Crippen LogP contribution in [0.25, 0.3) is 22.3 Å². The van der Waals surface area contributed by atoms with Crippen LogP contribution in [0.5, 0.6) is 0 Å². The normalized spacial score (nSPS) is 16.9. The Hall–Kier alpha value is -3.21. The minimum Gasteiger partial charge on any atom is -0.455 e. The molecule has 0 spiro atoms. The van der Waals surface area contributed by atoms with Gasteiger partial charge < -0.3 is 14.5 Å². The molecular formula is C28H27F2N3O3S2. The van der Waals surface area contributed by atoms with E-state index in [0.29, 0.717) is 45.8 Å². The van der Waals surface area contributed by atoms with Crippen LogP contribution in [0.3, 0.4) is 0 Å². The molecule has 2 atom stereocenters. The van der Waals surface area contributed by atoms with Gasteiger partial charge in [-0.25, -0.2) is 17.3 Å². The zero-order chi connectivity index (χ0) is 26.8. The maximum atomic E-state index is 13.6. The number of halogens is 2. The summed E-state index contributed by atoms with van der Waals surface area (Å²) in [7, 11) is 0.141. The van der Waals surface area contributed by atoms with Crippen molar-refractivity contribution in [3.05, 3.63) is 83.4 Å². The Labute approximate surface area is 226 Å². The summed E-state index contributed by atoms with van der Waals surface area (Å²) < 4.78 is 51.7. The molecule has 1 aromatic heterocycles. The van der Waals surface area contributed by atoms with E-state index in [-0.39, 0.29) is 23.5 Å². The summed E-state index contributed by atoms with van der Waals surface area (Å²) in [5.74, 6) is -0.638. The lowest BCUT2D eigenvalue weighted by Gasteiger charge is -2.32. The standard InChI is InChI=1S/C28H27F2N3O3S2/c1-31-28(34)26-23-14-22(18-4-3-13-33(16-18)38(35)21-11-9-20(30)10-12-21)24(32-37-2)15-25(23)36-27(26)17-5-7-19(29)8-6-17/h5-12,14-15,18,32H,3-4,13,16H2,1-2H3,(H,31,34)/t18-,38?/m0/s1. The number of carbonyl (C=O) groups excluding carboxylic acids is 1. The molecule has 4 aromatic rings. The summed E-state index contributed by atoms with van der Waals surface area (Å²) in [6, 6.07) is 15.5. The third kappa shape index (κ3) is 5.21. The Morgan fingerprint density at radius 1 is 1.08 bits per heavy atom. The van der Waals surface area contributed by atoms with E-state index in [1.54, 1.807) is 31.3 Å². The fraction of sp³-hybridized carbons (Fsp3) is 0.250. The van der Waals surface area contributed by atoms with E-state index < -0.39 is 11.0 Å². The van der Waals surface area contributed by atoms with Crippen LogP contribution in [-0.4, -0.2) is 40.8 Å². The van der Waals surface area contributed by atoms with E-state index in [9.17, 15) is 17.8 Å². The number of hydrogen-bond acceptors (Lipinski definition) is 5. The first-order valence-electron chi connectivity index (χ1n) is 12.2. The average molecular weight is 556 g/mol. The maximum Gasteiger partial charge on any atom is 0.255 e. The molecule has 0 radical (unpaired) electrons. The third-order valence-electron chi connectivity index (χ3n) is 6.71. The fourth-order valence-electron chi connectivity index (χ4n) is 4.90. The highest BCUT2D eigenvalue weighted by Crippen LogP contribution is 2.41. The molecule has 10 heteroatoms. The predicted molar refractivity (Wildman–Crippen MR) is 148 cm³/mol. The molecule has 1 saturated heterocycles. The Morgan fingerprint density at radius 2 is 1.76 bits per heavy atom. The van der Waals surface area contributed by atoms with E-state index >= 15 is 0 Å². The number of fused-ring (bicyclic) bond motifs is 1. The predicted octanol–water partition coefficient (Wildman–Crippen LogP) is 6.33. The van der Waals surface area contributed by atoms with Crippen molar-refractivity contribution >= 4 is 45.5 Å². The van der Waals surface area contributed by atoms with Gasteiger partial charge in [0.1, 0.15) is 34.0 Å². The van der Waals surface area contributed by atoms with Crippen molar-refractivity contribution in [3.63, 3.8) is 0 Å². The van der Waals surface area contributed by atoms with Crippen LogP contribution in [0.1, 0.15) is 34.7 Å². The van der Waals surface area contributed by atoms with Crippen molar-refractivity contribution in [3.8, 4) is 11.3 Å². The van der Waals surface area contributed by atoms with Crippen molar-refractivity contribution in [2.75, 3.05) is 31.1 Å². The molecule has 1 fully saturated rings. The van der Waals surface area contributed by atoms with E-state index in [4.69, 9.17) is 4.42 Å². The van der Waals surface area contributed by atoms with Crippen LogP contribution in [0, 0.1) is 11.6 Å². The van der Waals surface area contributed by atoms with Gasteiger partial charge in [-0.15, -0.1) is 0 Å². The number of hydrogen-bond donors (Lipinski definition) is 2. The highest BCUT2D eigenvalue weighted by Gasteiger charge is 2.30. The van der Waals surface area contributed by atoms with Gasteiger partial charge in [0.2, 0.25) is 0 Å². The largest absolute Gasteiger partial charge is 0.455 e. The number of amides is 1. The smallest absolute Gasteiger partial charge is 0.255 e. The summed E-state index contributed by atoms with van der Waals surface area (Å²) in [5.41, 5.74) is 3.36. The molecule has 6 nitrogen and oxygen atoms in total. The van der Waals surface area contributed by atoms with E-state index in [0.717, 1.165) is 24.1 Å². The number of furan rings is 1. The average Bonchev–Trinajstić information content (AvgIpc) is 3.31. The molecule has 5 rings (SSSR count). The summed E-state index contributed by atoms with van der Waals surface area (Å²) in [6.45, 7) is 1.20. The Kier molecular flexibility index (Phi) is 7.83. The molecular weight excluding hydrogens is 528 g/mol. The van der Waals surface area contributed by atoms with Gasteiger partial charge in [0.15, 0.2) is 0 Å². The van der Waals surface area contributed by atoms with Gasteiger partial charge >= 0.3 is 0 Å². The second-order valence-corrected chi connectivity index (χ2v) is 11.2. The summed E-state index contributed by atoms with van der Waals surface area (Å²) in [4.78, 5) is 13.6. The molecule has 2 heterocycles. The topological polar surface area (TPSA) is 74.6 Å². The fourth-order valence-corrected chi connectivity index (χ4v) is 6.57. The van der Waals surface area contributed by atoms with Crippen LogP contribution in [0.4, 0.5) is 14.5 Å². The number of piperidine rings is 1. The SMILES string of the molecule is CNC(=O)c1c(-c2ccc(F)cc2)oc2cc(NSC)c([C@H]3CCCN(S(=O)c4ccc(F)cc4)C3)cc12. The molecule has 0 bridgehead atoms. The van der Waals surface area contributed by atoms with Crippen LogP contribution >= 0.6 is 11.9 Å². The van der Waals surface area contributed by atoms with Gasteiger partial charge in [-0.1, -0.05) is 11.9 Å². The summed E-state index contributed by atoms with van der Waals surface area (Å²) >= 11 is 1.44. The Bertz CT molecular complexity index is 1490. The molecule has 38 heavy (non-hydrogen) atoms. The minimum absolute atomic E-state index is 0.0360. The number of nitrogens with one attached hydrogen (secondary N) is 2. The second kappa shape index (κ2) is 11.3. The number of rotatable bonds is 7. The third-order valence-corrected chi connectivity index (χ3v) is 8.61. The molecule has 1 amide bonds. The quantitative estimate of drug-likeness (QED) is 0.261. The zero-order valence-electron chi connectivity index (χ0n) is 20.9. The first-order valence-corrected chi connectivity index (χ1v) is 14.5. The number of carbonyl (C=O) groups is 1. The molecule has 2 N–H and O–H groups in total. The Morgan fingerprint density at radius 3 is 2.42 bits per heavy atom. The lowest BCUT2D eigenvalue weighted by atomic mass is 9.89. The van der Waals surface area contributed by atoms with Crippen LogP contribution in [0.15, 0.2) is 70.0 Å². The number of benzene rings is 3. The molecule has 1 aliphatic rings. The summed E-state index contributed by atoms with van der Waals surface area (Å²) in [6.07, 6.45) is 3.64. The van der Waals surface area contributed by atoms with E-state index in [1.807, 2.05) is 22.7 Å².